The van der Waals surface area contributed by atoms with E-state index in [0.717, 1.165) is 59.4 Å². The number of nitrogens with zero attached hydrogens (tertiary/aromatic N) is 2. The third-order valence-corrected chi connectivity index (χ3v) is 8.82. The van der Waals surface area contributed by atoms with Gasteiger partial charge in [-0.3, -0.25) is 13.9 Å². The molecule has 0 aliphatic heterocycles. The molecule has 9 heteroatoms. The van der Waals surface area contributed by atoms with Crippen LogP contribution in [0.1, 0.15) is 48.8 Å². The van der Waals surface area contributed by atoms with Gasteiger partial charge in [-0.25, -0.2) is 8.42 Å². The van der Waals surface area contributed by atoms with E-state index in [-0.39, 0.29) is 24.2 Å². The molecule has 1 aliphatic rings. The lowest BCUT2D eigenvalue weighted by Crippen LogP contribution is -2.55. The fraction of sp³-hybridized carbons (Fsp3) is 0.394. The number of rotatable bonds is 12. The first-order valence-corrected chi connectivity index (χ1v) is 16.3. The van der Waals surface area contributed by atoms with E-state index in [2.05, 4.69) is 5.32 Å². The quantitative estimate of drug-likeness (QED) is 0.325. The Bertz CT molecular complexity index is 1460. The van der Waals surface area contributed by atoms with Crippen molar-refractivity contribution in [1.82, 2.24) is 10.2 Å². The highest BCUT2D eigenvalue weighted by Crippen LogP contribution is 2.30. The molecule has 3 aromatic rings. The Hall–Kier alpha value is -3.85. The summed E-state index contributed by atoms with van der Waals surface area (Å²) in [6.07, 6.45) is 6.45. The number of hydrogen-bond acceptors (Lipinski definition) is 5. The summed E-state index contributed by atoms with van der Waals surface area (Å²) in [6.45, 7) is 1.65. The van der Waals surface area contributed by atoms with E-state index >= 15 is 0 Å². The number of aryl methyl sites for hydroxylation is 1. The Morgan fingerprint density at radius 1 is 0.929 bits per heavy atom. The summed E-state index contributed by atoms with van der Waals surface area (Å²) < 4.78 is 32.6. The lowest BCUT2D eigenvalue weighted by Gasteiger charge is -2.35. The molecule has 0 saturated heterocycles. The van der Waals surface area contributed by atoms with Gasteiger partial charge < -0.3 is 15.0 Å². The van der Waals surface area contributed by atoms with E-state index in [0.29, 0.717) is 12.2 Å². The Morgan fingerprint density at radius 2 is 1.60 bits per heavy atom. The summed E-state index contributed by atoms with van der Waals surface area (Å²) in [4.78, 5) is 29.8. The minimum atomic E-state index is -3.88. The van der Waals surface area contributed by atoms with Crippen molar-refractivity contribution >= 4 is 27.5 Å². The molecule has 1 unspecified atom stereocenters. The lowest BCUT2D eigenvalue weighted by atomic mass is 9.94. The summed E-state index contributed by atoms with van der Waals surface area (Å²) in [7, 11) is -2.43. The molecule has 1 fully saturated rings. The number of para-hydroxylation sites is 2. The second kappa shape index (κ2) is 14.4. The Morgan fingerprint density at radius 3 is 2.26 bits per heavy atom. The first-order chi connectivity index (χ1) is 20.2. The van der Waals surface area contributed by atoms with Gasteiger partial charge >= 0.3 is 0 Å². The highest BCUT2D eigenvalue weighted by molar-refractivity contribution is 7.92. The number of amides is 2. The van der Waals surface area contributed by atoms with Crippen LogP contribution in [0.4, 0.5) is 5.69 Å². The molecule has 1 N–H and O–H groups in total. The Balaban J connectivity index is 1.74. The maximum absolute atomic E-state index is 14.3. The smallest absolute Gasteiger partial charge is 0.244 e. The monoisotopic (exact) mass is 591 g/mol. The summed E-state index contributed by atoms with van der Waals surface area (Å²) in [5, 5.41) is 3.22. The van der Waals surface area contributed by atoms with Crippen LogP contribution in [0.3, 0.4) is 0 Å². The zero-order chi connectivity index (χ0) is 30.1. The van der Waals surface area contributed by atoms with Crippen molar-refractivity contribution < 1.29 is 22.7 Å². The number of benzene rings is 3. The van der Waals surface area contributed by atoms with E-state index < -0.39 is 28.5 Å². The van der Waals surface area contributed by atoms with Gasteiger partial charge in [0.05, 0.1) is 19.1 Å². The molecule has 42 heavy (non-hydrogen) atoms. The van der Waals surface area contributed by atoms with Crippen LogP contribution in [0.2, 0.25) is 0 Å². The molecule has 1 saturated carbocycles. The number of nitrogens with one attached hydrogen (secondary N) is 1. The molecule has 2 amide bonds. The van der Waals surface area contributed by atoms with Gasteiger partial charge in [0.2, 0.25) is 21.8 Å². The minimum absolute atomic E-state index is 0.0570. The second-order valence-corrected chi connectivity index (χ2v) is 12.9. The van der Waals surface area contributed by atoms with Gasteiger partial charge in [0, 0.05) is 19.0 Å². The zero-order valence-electron chi connectivity index (χ0n) is 24.7. The van der Waals surface area contributed by atoms with Gasteiger partial charge in [-0.2, -0.15) is 0 Å². The van der Waals surface area contributed by atoms with Crippen molar-refractivity contribution in [3.8, 4) is 5.75 Å². The molecule has 0 spiro atoms. The number of carbonyl (C=O) groups excluding carboxylic acids is 2. The molecule has 4 rings (SSSR count). The topological polar surface area (TPSA) is 96.0 Å². The Kier molecular flexibility index (Phi) is 10.6. The number of hydrogen-bond donors (Lipinski definition) is 1. The van der Waals surface area contributed by atoms with Gasteiger partial charge in [0.1, 0.15) is 18.3 Å². The van der Waals surface area contributed by atoms with Crippen molar-refractivity contribution in [2.75, 3.05) is 24.2 Å². The van der Waals surface area contributed by atoms with E-state index in [4.69, 9.17) is 4.74 Å². The highest BCUT2D eigenvalue weighted by atomic mass is 32.2. The molecule has 1 aliphatic carbocycles. The molecule has 224 valence electrons. The number of ether oxygens (including phenoxy) is 1. The first-order valence-electron chi connectivity index (χ1n) is 14.5. The summed E-state index contributed by atoms with van der Waals surface area (Å²) in [5.74, 6) is -0.376. The second-order valence-electron chi connectivity index (χ2n) is 11.0. The van der Waals surface area contributed by atoms with Gasteiger partial charge in [-0.1, -0.05) is 91.6 Å². The predicted octanol–water partition coefficient (Wildman–Crippen LogP) is 4.86. The van der Waals surface area contributed by atoms with Gasteiger partial charge in [0.25, 0.3) is 0 Å². The number of sulfonamides is 1. The van der Waals surface area contributed by atoms with Gasteiger partial charge in [-0.05, 0) is 43.0 Å². The summed E-state index contributed by atoms with van der Waals surface area (Å²) >= 11 is 0. The van der Waals surface area contributed by atoms with E-state index in [1.165, 1.54) is 12.0 Å². The van der Waals surface area contributed by atoms with Crippen molar-refractivity contribution in [3.63, 3.8) is 0 Å². The molecule has 1 atom stereocenters. The Labute approximate surface area is 249 Å². The fourth-order valence-electron chi connectivity index (χ4n) is 5.54. The molecule has 0 bridgehead atoms. The SMILES string of the molecule is COc1ccccc1N(CC(=O)N(Cc1cccc(C)c1)C(Cc1ccccc1)C(=O)NC1CCCCC1)S(C)(=O)=O. The standard InChI is InChI=1S/C33H41N3O5S/c1-25-13-12-16-27(21-25)23-35(32(37)24-36(42(3,39)40)29-19-10-11-20-31(29)41-2)30(22-26-14-6-4-7-15-26)33(38)34-28-17-8-5-9-18-28/h4,6-7,10-16,19-21,28,30H,5,8-9,17-18,22-24H2,1-3H3,(H,34,38). The maximum Gasteiger partial charge on any atom is 0.244 e. The van der Waals surface area contributed by atoms with E-state index in [9.17, 15) is 18.0 Å². The van der Waals surface area contributed by atoms with Crippen LogP contribution in [0.15, 0.2) is 78.9 Å². The van der Waals surface area contributed by atoms with Gasteiger partial charge in [0.15, 0.2) is 0 Å². The average Bonchev–Trinajstić information content (AvgIpc) is 2.98. The first kappa shape index (κ1) is 31.1. The lowest BCUT2D eigenvalue weighted by molar-refractivity contribution is -0.140. The van der Waals surface area contributed by atoms with Crippen molar-refractivity contribution in [1.29, 1.82) is 0 Å². The number of anilines is 1. The van der Waals surface area contributed by atoms with Crippen LogP contribution < -0.4 is 14.4 Å². The molecule has 3 aromatic carbocycles. The van der Waals surface area contributed by atoms with Crippen molar-refractivity contribution in [2.24, 2.45) is 0 Å². The number of methoxy groups -OCH3 is 1. The fourth-order valence-corrected chi connectivity index (χ4v) is 6.39. The molecule has 0 radical (unpaired) electrons. The zero-order valence-corrected chi connectivity index (χ0v) is 25.5. The molecule has 8 nitrogen and oxygen atoms in total. The van der Waals surface area contributed by atoms with Crippen LogP contribution in [-0.4, -0.2) is 57.1 Å². The summed E-state index contributed by atoms with van der Waals surface area (Å²) in [6, 6.07) is 23.3. The molecule has 0 heterocycles. The van der Waals surface area contributed by atoms with Crippen LogP contribution in [0, 0.1) is 6.92 Å². The predicted molar refractivity (Wildman–Crippen MR) is 166 cm³/mol. The van der Waals surface area contributed by atoms with Crippen LogP contribution in [0.5, 0.6) is 5.75 Å². The van der Waals surface area contributed by atoms with Gasteiger partial charge in [-0.15, -0.1) is 0 Å². The largest absolute Gasteiger partial charge is 0.495 e. The van der Waals surface area contributed by atoms with E-state index in [1.807, 2.05) is 61.5 Å². The van der Waals surface area contributed by atoms with Crippen LogP contribution in [0.25, 0.3) is 0 Å². The number of carbonyl (C=O) groups is 2. The van der Waals surface area contributed by atoms with Crippen LogP contribution >= 0.6 is 0 Å². The van der Waals surface area contributed by atoms with Crippen molar-refractivity contribution in [2.45, 2.75) is 64.1 Å². The van der Waals surface area contributed by atoms with Crippen molar-refractivity contribution in [3.05, 3.63) is 95.6 Å². The highest BCUT2D eigenvalue weighted by Gasteiger charge is 2.34. The molecule has 0 aromatic heterocycles. The third-order valence-electron chi connectivity index (χ3n) is 7.69. The third kappa shape index (κ3) is 8.35. The van der Waals surface area contributed by atoms with Crippen LogP contribution in [-0.2, 0) is 32.6 Å². The normalized spacial score (nSPS) is 14.5. The maximum atomic E-state index is 14.3. The molecular weight excluding hydrogens is 550 g/mol. The average molecular weight is 592 g/mol. The van der Waals surface area contributed by atoms with E-state index in [1.54, 1.807) is 24.3 Å². The molecular formula is C33H41N3O5S. The summed E-state index contributed by atoms with van der Waals surface area (Å²) in [5.41, 5.74) is 3.05. The minimum Gasteiger partial charge on any atom is -0.495 e.